The molecule has 0 saturated heterocycles. The molecule has 0 radical (unpaired) electrons. The molecule has 0 atom stereocenters. The number of halogens is 1. The third kappa shape index (κ3) is 3.24. The number of carbonyl (C=O) groups is 1. The van der Waals surface area contributed by atoms with Crippen LogP contribution in [0.5, 0.6) is 0 Å². The molecular weight excluding hydrogens is 342 g/mol. The molecule has 2 nitrogen and oxygen atoms in total. The Balaban J connectivity index is 0.00000196. The van der Waals surface area contributed by atoms with Crippen LogP contribution in [-0.4, -0.2) is 23.7 Å². The first kappa shape index (κ1) is 17.8. The molecule has 4 rings (SSSR count). The number of amides is 1. The number of benzene rings is 4. The molecule has 26 heavy (non-hydrogen) atoms. The lowest BCUT2D eigenvalue weighted by molar-refractivity contribution is -0.388. The summed E-state index contributed by atoms with van der Waals surface area (Å²) in [6.07, 6.45) is 1.87. The van der Waals surface area contributed by atoms with Crippen LogP contribution in [0, 0.1) is 0 Å². The van der Waals surface area contributed by atoms with Crippen molar-refractivity contribution in [3.63, 3.8) is 0 Å². The lowest BCUT2D eigenvalue weighted by atomic mass is 9.96. The lowest BCUT2D eigenvalue weighted by Crippen LogP contribution is -3.00. The van der Waals surface area contributed by atoms with E-state index in [9.17, 15) is 4.79 Å². The van der Waals surface area contributed by atoms with Gasteiger partial charge in [0, 0.05) is 5.56 Å². The Hall–Kier alpha value is -2.97. The Morgan fingerprint density at radius 1 is 0.769 bits per heavy atom. The standard InChI is InChI=1S/C23H18NO.ClH/c1-24(16-17-9-3-2-4-10-17)23(25)22-20-13-7-5-11-18(20)15-19-12-6-8-14-21(19)22;/h2-16H,1H3;1H/q+1;/p-1. The molecule has 128 valence electrons. The number of nitrogens with zero attached hydrogens (tertiary/aromatic N) is 1. The van der Waals surface area contributed by atoms with E-state index in [2.05, 4.69) is 18.2 Å². The van der Waals surface area contributed by atoms with E-state index in [1.54, 1.807) is 4.58 Å². The quantitative estimate of drug-likeness (QED) is 0.304. The highest BCUT2D eigenvalue weighted by Gasteiger charge is 2.22. The smallest absolute Gasteiger partial charge is 0.420 e. The minimum atomic E-state index is -0.00291. The number of hydrogen-bond donors (Lipinski definition) is 0. The van der Waals surface area contributed by atoms with Gasteiger partial charge in [0.15, 0.2) is 6.21 Å². The average molecular weight is 360 g/mol. The number of fused-ring (bicyclic) bond motifs is 2. The summed E-state index contributed by atoms with van der Waals surface area (Å²) in [6.45, 7) is 0. The first-order valence-corrected chi connectivity index (χ1v) is 8.31. The molecule has 0 spiro atoms. The van der Waals surface area contributed by atoms with Crippen LogP contribution in [0.15, 0.2) is 84.9 Å². The number of carbonyl (C=O) groups excluding carboxylic acids is 1. The van der Waals surface area contributed by atoms with Crippen LogP contribution in [0.3, 0.4) is 0 Å². The molecular formula is C23H18ClNO. The maximum absolute atomic E-state index is 13.3. The monoisotopic (exact) mass is 359 g/mol. The van der Waals surface area contributed by atoms with E-state index < -0.39 is 0 Å². The van der Waals surface area contributed by atoms with Gasteiger partial charge in [-0.3, -0.25) is 0 Å². The molecule has 0 fully saturated rings. The Labute approximate surface area is 158 Å². The SMILES string of the molecule is C[N+](=Cc1ccccc1)C(=O)c1c2ccccc2cc2ccccc12.[Cl-]. The van der Waals surface area contributed by atoms with Crippen LogP contribution in [-0.2, 0) is 0 Å². The van der Waals surface area contributed by atoms with Crippen molar-refractivity contribution in [1.82, 2.24) is 0 Å². The third-order valence-corrected chi connectivity index (χ3v) is 4.45. The Bertz CT molecular complexity index is 1060. The van der Waals surface area contributed by atoms with Crippen molar-refractivity contribution in [2.75, 3.05) is 7.05 Å². The second kappa shape index (κ2) is 7.51. The Morgan fingerprint density at radius 2 is 1.27 bits per heavy atom. The summed E-state index contributed by atoms with van der Waals surface area (Å²) in [5.74, 6) is -0.00291. The van der Waals surface area contributed by atoms with Gasteiger partial charge in [0.25, 0.3) is 0 Å². The molecule has 0 heterocycles. The zero-order valence-electron chi connectivity index (χ0n) is 14.4. The van der Waals surface area contributed by atoms with Crippen LogP contribution in [0.25, 0.3) is 21.5 Å². The topological polar surface area (TPSA) is 20.1 Å². The maximum Gasteiger partial charge on any atom is 0.420 e. The van der Waals surface area contributed by atoms with E-state index in [0.717, 1.165) is 32.7 Å². The summed E-state index contributed by atoms with van der Waals surface area (Å²) >= 11 is 0. The van der Waals surface area contributed by atoms with Crippen molar-refractivity contribution in [2.45, 2.75) is 0 Å². The summed E-state index contributed by atoms with van der Waals surface area (Å²) in [5, 5.41) is 4.13. The van der Waals surface area contributed by atoms with Gasteiger partial charge in [0.05, 0.1) is 0 Å². The molecule has 0 bridgehead atoms. The molecule has 3 heteroatoms. The summed E-state index contributed by atoms with van der Waals surface area (Å²) in [6, 6.07) is 28.2. The maximum atomic E-state index is 13.3. The van der Waals surface area contributed by atoms with E-state index in [0.29, 0.717) is 0 Å². The van der Waals surface area contributed by atoms with Crippen LogP contribution >= 0.6 is 0 Å². The van der Waals surface area contributed by atoms with E-state index in [4.69, 9.17) is 0 Å². The summed E-state index contributed by atoms with van der Waals surface area (Å²) in [7, 11) is 1.81. The van der Waals surface area contributed by atoms with Gasteiger partial charge in [-0.2, -0.15) is 4.58 Å². The second-order valence-corrected chi connectivity index (χ2v) is 6.15. The molecule has 0 N–H and O–H groups in total. The van der Waals surface area contributed by atoms with Gasteiger partial charge in [-0.05, 0) is 39.7 Å². The molecule has 4 aromatic carbocycles. The Kier molecular flexibility index (Phi) is 5.15. The predicted octanol–water partition coefficient (Wildman–Crippen LogP) is 1.90. The number of rotatable bonds is 2. The van der Waals surface area contributed by atoms with E-state index in [1.165, 1.54) is 0 Å². The minimum Gasteiger partial charge on any atom is -1.00 e. The zero-order chi connectivity index (χ0) is 17.2. The fourth-order valence-electron chi connectivity index (χ4n) is 3.24. The highest BCUT2D eigenvalue weighted by molar-refractivity contribution is 6.16. The van der Waals surface area contributed by atoms with Crippen molar-refractivity contribution in [2.24, 2.45) is 0 Å². The summed E-state index contributed by atoms with van der Waals surface area (Å²) < 4.78 is 1.67. The minimum absolute atomic E-state index is 0. The normalized spacial score (nSPS) is 11.3. The highest BCUT2D eigenvalue weighted by atomic mass is 35.5. The first-order valence-electron chi connectivity index (χ1n) is 8.31. The van der Waals surface area contributed by atoms with Crippen molar-refractivity contribution in [1.29, 1.82) is 0 Å². The molecule has 4 aromatic rings. The van der Waals surface area contributed by atoms with Crippen molar-refractivity contribution in [3.05, 3.63) is 96.1 Å². The second-order valence-electron chi connectivity index (χ2n) is 6.15. The number of hydrogen-bond acceptors (Lipinski definition) is 1. The van der Waals surface area contributed by atoms with E-state index in [1.807, 2.05) is 80.0 Å². The van der Waals surface area contributed by atoms with Gasteiger partial charge in [-0.1, -0.05) is 66.7 Å². The molecule has 0 saturated carbocycles. The van der Waals surface area contributed by atoms with Gasteiger partial charge in [-0.25, -0.2) is 4.79 Å². The average Bonchev–Trinajstić information content (AvgIpc) is 2.66. The summed E-state index contributed by atoms with van der Waals surface area (Å²) in [5.41, 5.74) is 1.76. The van der Waals surface area contributed by atoms with Gasteiger partial charge in [0.1, 0.15) is 12.6 Å². The van der Waals surface area contributed by atoms with Crippen molar-refractivity contribution >= 4 is 33.7 Å². The first-order chi connectivity index (χ1) is 12.2. The fourth-order valence-corrected chi connectivity index (χ4v) is 3.24. The van der Waals surface area contributed by atoms with E-state index in [-0.39, 0.29) is 18.3 Å². The molecule has 1 amide bonds. The molecule has 0 aliphatic heterocycles. The summed E-state index contributed by atoms with van der Waals surface area (Å²) in [4.78, 5) is 13.3. The largest absolute Gasteiger partial charge is 1.00 e. The van der Waals surface area contributed by atoms with Gasteiger partial charge < -0.3 is 12.4 Å². The van der Waals surface area contributed by atoms with Gasteiger partial charge in [0.2, 0.25) is 0 Å². The van der Waals surface area contributed by atoms with Crippen LogP contribution in [0.2, 0.25) is 0 Å². The lowest BCUT2D eigenvalue weighted by Gasteiger charge is -2.08. The Morgan fingerprint density at radius 3 is 1.85 bits per heavy atom. The molecule has 0 unspecified atom stereocenters. The molecule has 0 aliphatic rings. The van der Waals surface area contributed by atoms with Crippen molar-refractivity contribution in [3.8, 4) is 0 Å². The van der Waals surface area contributed by atoms with Crippen molar-refractivity contribution < 1.29 is 21.8 Å². The van der Waals surface area contributed by atoms with E-state index >= 15 is 0 Å². The van der Waals surface area contributed by atoms with Crippen LogP contribution in [0.1, 0.15) is 15.9 Å². The zero-order valence-corrected chi connectivity index (χ0v) is 15.1. The van der Waals surface area contributed by atoms with Gasteiger partial charge >= 0.3 is 5.91 Å². The van der Waals surface area contributed by atoms with Gasteiger partial charge in [-0.15, -0.1) is 0 Å². The molecule has 0 aliphatic carbocycles. The van der Waals surface area contributed by atoms with Crippen LogP contribution in [0.4, 0.5) is 0 Å². The highest BCUT2D eigenvalue weighted by Crippen LogP contribution is 2.28. The predicted molar refractivity (Wildman–Crippen MR) is 104 cm³/mol. The fraction of sp³-hybridized carbons (Fsp3) is 0.0435. The third-order valence-electron chi connectivity index (χ3n) is 4.45. The van der Waals surface area contributed by atoms with Crippen LogP contribution < -0.4 is 12.4 Å². The molecule has 0 aromatic heterocycles.